The lowest BCUT2D eigenvalue weighted by Gasteiger charge is -2.35. The number of hydrogen-bond acceptors (Lipinski definition) is 7. The maximum atomic E-state index is 13.9. The van der Waals surface area contributed by atoms with E-state index in [1.54, 1.807) is 0 Å². The molecule has 0 N–H and O–H groups in total. The second kappa shape index (κ2) is 21.7. The number of ether oxygens (including phenoxy) is 3. The summed E-state index contributed by atoms with van der Waals surface area (Å²) >= 11 is 0. The summed E-state index contributed by atoms with van der Waals surface area (Å²) in [6.45, 7) is 13.2. The third-order valence-electron chi connectivity index (χ3n) is 11.4. The van der Waals surface area contributed by atoms with Crippen molar-refractivity contribution >= 4 is 23.7 Å². The van der Waals surface area contributed by atoms with Gasteiger partial charge in [0.15, 0.2) is 0 Å². The zero-order valence-electron chi connectivity index (χ0n) is 34.0. The van der Waals surface area contributed by atoms with Gasteiger partial charge in [-0.05, 0) is 91.2 Å². The minimum Gasteiger partial charge on any atom is -0.461 e. The van der Waals surface area contributed by atoms with Crippen LogP contribution in [0.5, 0.6) is 0 Å². The average molecular weight is 753 g/mol. The number of ketones is 1. The highest BCUT2D eigenvalue weighted by molar-refractivity contribution is 5.82. The van der Waals surface area contributed by atoms with E-state index in [1.165, 1.54) is 0 Å². The van der Waals surface area contributed by atoms with E-state index in [1.807, 2.05) is 105 Å². The quantitative estimate of drug-likeness (QED) is 0.0837. The summed E-state index contributed by atoms with van der Waals surface area (Å²) in [5.41, 5.74) is 2.83. The highest BCUT2D eigenvalue weighted by Gasteiger charge is 2.40. The van der Waals surface area contributed by atoms with Crippen LogP contribution in [0.15, 0.2) is 91.0 Å². The molecule has 0 aliphatic heterocycles. The van der Waals surface area contributed by atoms with E-state index in [-0.39, 0.29) is 78.5 Å². The molecule has 6 atom stereocenters. The molecule has 0 radical (unpaired) electrons. The molecule has 6 unspecified atom stereocenters. The predicted molar refractivity (Wildman–Crippen MR) is 216 cm³/mol. The normalized spacial score (nSPS) is 18.9. The molecule has 3 aromatic carbocycles. The number of Topliss-reactive ketones (excluding diaryl/α,β-unsaturated/α-hetero) is 1. The molecular formula is C48H64O7. The number of carbonyl (C=O) groups is 4. The number of rotatable bonds is 20. The van der Waals surface area contributed by atoms with Gasteiger partial charge in [0.25, 0.3) is 0 Å². The summed E-state index contributed by atoms with van der Waals surface area (Å²) in [5, 5.41) is 0. The molecule has 0 spiro atoms. The monoisotopic (exact) mass is 752 g/mol. The van der Waals surface area contributed by atoms with Crippen molar-refractivity contribution < 1.29 is 33.4 Å². The molecule has 0 heterocycles. The maximum absolute atomic E-state index is 13.9. The number of hydrogen-bond donors (Lipinski definition) is 0. The third kappa shape index (κ3) is 14.7. The fourth-order valence-electron chi connectivity index (χ4n) is 7.76. The number of carbonyl (C=O) groups excluding carboxylic acids is 4. The number of esters is 3. The molecule has 298 valence electrons. The summed E-state index contributed by atoms with van der Waals surface area (Å²) in [5.74, 6) is -1.89. The topological polar surface area (TPSA) is 96.0 Å². The summed E-state index contributed by atoms with van der Waals surface area (Å²) in [7, 11) is 0. The Kier molecular flexibility index (Phi) is 17.2. The zero-order chi connectivity index (χ0) is 39.8. The number of benzene rings is 3. The van der Waals surface area contributed by atoms with Crippen molar-refractivity contribution in [3.05, 3.63) is 108 Å². The molecule has 0 amide bonds. The molecular weight excluding hydrogens is 689 g/mol. The van der Waals surface area contributed by atoms with E-state index in [9.17, 15) is 19.2 Å². The molecule has 7 heteroatoms. The van der Waals surface area contributed by atoms with E-state index >= 15 is 0 Å². The molecule has 1 aliphatic rings. The third-order valence-corrected chi connectivity index (χ3v) is 11.4. The fourth-order valence-corrected chi connectivity index (χ4v) is 7.76. The van der Waals surface area contributed by atoms with Crippen molar-refractivity contribution in [2.45, 2.75) is 119 Å². The van der Waals surface area contributed by atoms with Gasteiger partial charge in [-0.2, -0.15) is 0 Å². The summed E-state index contributed by atoms with van der Waals surface area (Å²) in [6.07, 6.45) is 5.65. The molecule has 1 saturated carbocycles. The van der Waals surface area contributed by atoms with Crippen molar-refractivity contribution in [1.82, 2.24) is 0 Å². The molecule has 55 heavy (non-hydrogen) atoms. The van der Waals surface area contributed by atoms with Gasteiger partial charge in [-0.1, -0.05) is 133 Å². The van der Waals surface area contributed by atoms with Gasteiger partial charge in [0.1, 0.15) is 25.6 Å². The smallest absolute Gasteiger partial charge is 0.309 e. The first-order valence-electron chi connectivity index (χ1n) is 20.4. The Labute approximate surface area is 329 Å². The van der Waals surface area contributed by atoms with Crippen LogP contribution in [0.1, 0.15) is 116 Å². The minimum atomic E-state index is -0.429. The Morgan fingerprint density at radius 2 is 1.13 bits per heavy atom. The van der Waals surface area contributed by atoms with Crippen LogP contribution in [-0.2, 0) is 53.2 Å². The van der Waals surface area contributed by atoms with Gasteiger partial charge in [0.2, 0.25) is 0 Å². The van der Waals surface area contributed by atoms with Gasteiger partial charge in [-0.3, -0.25) is 19.2 Å². The van der Waals surface area contributed by atoms with E-state index in [2.05, 4.69) is 27.7 Å². The van der Waals surface area contributed by atoms with Gasteiger partial charge in [-0.25, -0.2) is 0 Å². The molecule has 0 saturated heterocycles. The van der Waals surface area contributed by atoms with Gasteiger partial charge in [-0.15, -0.1) is 0 Å². The Hall–Kier alpha value is -4.26. The van der Waals surface area contributed by atoms with E-state index in [4.69, 9.17) is 14.2 Å². The Morgan fingerprint density at radius 3 is 1.62 bits per heavy atom. The first kappa shape index (κ1) is 43.5. The standard InChI is InChI=1S/C48H64O7/c1-34(2)41(45(50)53-31-36-16-10-7-11-17-36)26-22-35(3)42(46(51)54-32-37-18-12-8-13-19-37)27-25-39-23-24-40(44(49)28-29-48(4,5)6)30-43(39)47(52)55-33-38-20-14-9-15-21-38/h7-21,34-35,39-43H,22-33H2,1-6H3. The maximum Gasteiger partial charge on any atom is 0.309 e. The highest BCUT2D eigenvalue weighted by Crippen LogP contribution is 2.41. The minimum absolute atomic E-state index is 0.0251. The van der Waals surface area contributed by atoms with Crippen molar-refractivity contribution in [3.63, 3.8) is 0 Å². The summed E-state index contributed by atoms with van der Waals surface area (Å²) in [6, 6.07) is 29.0. The molecule has 1 aliphatic carbocycles. The van der Waals surface area contributed by atoms with Crippen molar-refractivity contribution in [1.29, 1.82) is 0 Å². The highest BCUT2D eigenvalue weighted by atomic mass is 16.5. The lowest BCUT2D eigenvalue weighted by atomic mass is 9.69. The summed E-state index contributed by atoms with van der Waals surface area (Å²) < 4.78 is 17.6. The largest absolute Gasteiger partial charge is 0.461 e. The Morgan fingerprint density at radius 1 is 0.636 bits per heavy atom. The van der Waals surface area contributed by atoms with Crippen molar-refractivity contribution in [2.24, 2.45) is 46.8 Å². The van der Waals surface area contributed by atoms with Gasteiger partial charge >= 0.3 is 17.9 Å². The Bertz CT molecular complexity index is 1610. The first-order valence-corrected chi connectivity index (χ1v) is 20.4. The zero-order valence-corrected chi connectivity index (χ0v) is 34.0. The van der Waals surface area contributed by atoms with E-state index in [0.29, 0.717) is 38.5 Å². The average Bonchev–Trinajstić information content (AvgIpc) is 3.18. The SMILES string of the molecule is CC(C)C(CCC(C)C(CCC1CCC(C(=O)CCC(C)(C)C)CC1C(=O)OCc1ccccc1)C(=O)OCc1ccccc1)C(=O)OCc1ccccc1. The molecule has 3 aromatic rings. The molecule has 1 fully saturated rings. The van der Waals surface area contributed by atoms with E-state index in [0.717, 1.165) is 36.0 Å². The van der Waals surface area contributed by atoms with Crippen LogP contribution in [0.25, 0.3) is 0 Å². The van der Waals surface area contributed by atoms with Crippen LogP contribution in [0.3, 0.4) is 0 Å². The molecule has 7 nitrogen and oxygen atoms in total. The van der Waals surface area contributed by atoms with Gasteiger partial charge in [0, 0.05) is 12.3 Å². The lowest BCUT2D eigenvalue weighted by Crippen LogP contribution is -2.36. The lowest BCUT2D eigenvalue weighted by molar-refractivity contribution is -0.155. The fraction of sp³-hybridized carbons (Fsp3) is 0.542. The van der Waals surface area contributed by atoms with Crippen LogP contribution in [-0.4, -0.2) is 23.7 Å². The van der Waals surface area contributed by atoms with Crippen LogP contribution in [0, 0.1) is 46.8 Å². The van der Waals surface area contributed by atoms with Crippen molar-refractivity contribution in [2.75, 3.05) is 0 Å². The Balaban J connectivity index is 1.46. The van der Waals surface area contributed by atoms with Gasteiger partial charge < -0.3 is 14.2 Å². The van der Waals surface area contributed by atoms with Crippen molar-refractivity contribution in [3.8, 4) is 0 Å². The van der Waals surface area contributed by atoms with E-state index < -0.39 is 11.8 Å². The molecule has 0 aromatic heterocycles. The molecule has 4 rings (SSSR count). The predicted octanol–water partition coefficient (Wildman–Crippen LogP) is 10.7. The first-order chi connectivity index (χ1) is 26.3. The summed E-state index contributed by atoms with van der Waals surface area (Å²) in [4.78, 5) is 54.5. The van der Waals surface area contributed by atoms with Gasteiger partial charge in [0.05, 0.1) is 17.8 Å². The van der Waals surface area contributed by atoms with Crippen LogP contribution in [0.2, 0.25) is 0 Å². The second-order valence-corrected chi connectivity index (χ2v) is 17.3. The molecule has 0 bridgehead atoms. The second-order valence-electron chi connectivity index (χ2n) is 17.3. The van der Waals surface area contributed by atoms with Crippen LogP contribution < -0.4 is 0 Å². The van der Waals surface area contributed by atoms with Crippen LogP contribution in [0.4, 0.5) is 0 Å². The van der Waals surface area contributed by atoms with Crippen LogP contribution >= 0.6 is 0 Å².